The second-order valence-corrected chi connectivity index (χ2v) is 15.5. The maximum Gasteiger partial charge on any atom is 0.254 e. The second kappa shape index (κ2) is 16.9. The number of fused-ring (bicyclic) bond motifs is 1. The van der Waals surface area contributed by atoms with Crippen LogP contribution in [-0.2, 0) is 16.1 Å². The third-order valence-electron chi connectivity index (χ3n) is 11.2. The lowest BCUT2D eigenvalue weighted by atomic mass is 9.66. The average Bonchev–Trinajstić information content (AvgIpc) is 3.67. The molecule has 2 unspecified atom stereocenters. The molecule has 0 aromatic heterocycles. The first-order chi connectivity index (χ1) is 27.1. The third-order valence-corrected chi connectivity index (χ3v) is 11.8. The first-order valence-electron chi connectivity index (χ1n) is 18.9. The summed E-state index contributed by atoms with van der Waals surface area (Å²) in [6.07, 6.45) is 6.17. The van der Waals surface area contributed by atoms with Gasteiger partial charge in [0.1, 0.15) is 5.82 Å². The molecule has 2 heterocycles. The topological polar surface area (TPSA) is 120 Å². The molecule has 1 saturated heterocycles. The Labute approximate surface area is 335 Å². The number of anilines is 2. The van der Waals surface area contributed by atoms with E-state index in [4.69, 9.17) is 23.2 Å². The molecule has 7 rings (SSSR count). The molecule has 1 saturated carbocycles. The summed E-state index contributed by atoms with van der Waals surface area (Å²) in [5, 5.41) is 12.8. The molecule has 4 amide bonds. The van der Waals surface area contributed by atoms with Crippen LogP contribution in [0.5, 0.6) is 0 Å². The summed E-state index contributed by atoms with van der Waals surface area (Å²) >= 11 is 12.7. The van der Waals surface area contributed by atoms with E-state index in [0.717, 1.165) is 48.8 Å². The molecule has 4 aromatic carbocycles. The standard InChI is InChI=1S/C44H42Cl2FN5O4/c1-52-25-34-27(11-8-12-31(34)43(52)56)10-4-2-7-23-48-41(54)28-15-18-30(19-16-28)50-42(55)40-37(33-13-9-14-35(46)39(33)47)38(44(51-40)21-5-3-6-22-44)32-20-17-29(45)24-36(32)49-26-53/h8-9,11-20,24,26,37-38,40,51H,2-3,5-7,21-23,25H2,1H3,(H,48,54)(H,49,53)(H,50,55)/t37-,38?,40?/m1/s1. The molecule has 1 aliphatic carbocycles. The number of carbonyl (C=O) groups excluding carboxylic acids is 4. The van der Waals surface area contributed by atoms with Gasteiger partial charge < -0.3 is 20.9 Å². The molecule has 288 valence electrons. The summed E-state index contributed by atoms with van der Waals surface area (Å²) in [6, 6.07) is 21.4. The van der Waals surface area contributed by atoms with E-state index in [-0.39, 0.29) is 22.7 Å². The molecule has 3 aliphatic rings. The van der Waals surface area contributed by atoms with Gasteiger partial charge in [-0.05, 0) is 90.6 Å². The smallest absolute Gasteiger partial charge is 0.254 e. The zero-order chi connectivity index (χ0) is 39.4. The monoisotopic (exact) mass is 793 g/mol. The highest BCUT2D eigenvalue weighted by Crippen LogP contribution is 2.56. The molecule has 4 aromatic rings. The lowest BCUT2D eigenvalue weighted by Crippen LogP contribution is -2.50. The van der Waals surface area contributed by atoms with Gasteiger partial charge in [0.2, 0.25) is 12.3 Å². The van der Waals surface area contributed by atoms with Gasteiger partial charge in [0.25, 0.3) is 11.8 Å². The molecular weight excluding hydrogens is 752 g/mol. The van der Waals surface area contributed by atoms with Crippen LogP contribution < -0.4 is 21.3 Å². The maximum atomic E-state index is 16.0. The molecule has 1 spiro atoms. The fourth-order valence-corrected chi connectivity index (χ4v) is 9.02. The van der Waals surface area contributed by atoms with Gasteiger partial charge in [-0.2, -0.15) is 0 Å². The molecule has 0 radical (unpaired) electrons. The van der Waals surface area contributed by atoms with Crippen molar-refractivity contribution < 1.29 is 23.6 Å². The van der Waals surface area contributed by atoms with Crippen LogP contribution >= 0.6 is 23.2 Å². The van der Waals surface area contributed by atoms with Crippen LogP contribution in [0, 0.1) is 17.7 Å². The van der Waals surface area contributed by atoms with Crippen molar-refractivity contribution in [2.24, 2.45) is 0 Å². The molecule has 0 bridgehead atoms. The summed E-state index contributed by atoms with van der Waals surface area (Å²) in [4.78, 5) is 53.0. The lowest BCUT2D eigenvalue weighted by Gasteiger charge is -2.41. The SMILES string of the molecule is CN1Cc2c(C#CCCCNC(=O)c3ccc(NC(=O)C4NC5(CCCCC5)C(c5ccc(Cl)cc5NC=O)[C@H]4c4cccc(Cl)c4F)cc3)cccc2C1=O. The van der Waals surface area contributed by atoms with Crippen LogP contribution in [0.25, 0.3) is 0 Å². The maximum absolute atomic E-state index is 16.0. The molecule has 12 heteroatoms. The Morgan fingerprint density at radius 3 is 2.54 bits per heavy atom. The minimum Gasteiger partial charge on any atom is -0.352 e. The molecule has 2 aliphatic heterocycles. The Bertz CT molecular complexity index is 2230. The molecule has 2 fully saturated rings. The number of rotatable bonds is 10. The normalized spacial score (nSPS) is 19.5. The van der Waals surface area contributed by atoms with Crippen molar-refractivity contribution in [3.8, 4) is 11.8 Å². The quantitative estimate of drug-likeness (QED) is 0.0737. The number of hydrogen-bond donors (Lipinski definition) is 4. The van der Waals surface area contributed by atoms with Gasteiger partial charge in [-0.15, -0.1) is 0 Å². The second-order valence-electron chi connectivity index (χ2n) is 14.7. The van der Waals surface area contributed by atoms with E-state index < -0.39 is 29.2 Å². The summed E-state index contributed by atoms with van der Waals surface area (Å²) in [6.45, 7) is 0.974. The van der Waals surface area contributed by atoms with E-state index in [0.29, 0.717) is 65.4 Å². The Kier molecular flexibility index (Phi) is 11.8. The van der Waals surface area contributed by atoms with Gasteiger partial charge >= 0.3 is 0 Å². The largest absolute Gasteiger partial charge is 0.352 e. The Balaban J connectivity index is 1.05. The van der Waals surface area contributed by atoms with Crippen LogP contribution in [0.1, 0.15) is 99.8 Å². The number of carbonyl (C=O) groups is 4. The number of benzene rings is 4. The highest BCUT2D eigenvalue weighted by Gasteiger charge is 2.57. The molecule has 9 nitrogen and oxygen atoms in total. The highest BCUT2D eigenvalue weighted by atomic mass is 35.5. The van der Waals surface area contributed by atoms with E-state index in [9.17, 15) is 19.2 Å². The van der Waals surface area contributed by atoms with Crippen molar-refractivity contribution in [3.05, 3.63) is 128 Å². The van der Waals surface area contributed by atoms with Gasteiger partial charge in [-0.1, -0.05) is 78.6 Å². The summed E-state index contributed by atoms with van der Waals surface area (Å²) < 4.78 is 16.0. The molecule has 4 N–H and O–H groups in total. The minimum absolute atomic E-state index is 0.00638. The van der Waals surface area contributed by atoms with Crippen LogP contribution in [0.2, 0.25) is 10.0 Å². The van der Waals surface area contributed by atoms with Gasteiger partial charge in [0, 0.05) is 77.0 Å². The Hall–Kier alpha value is -5.21. The fourth-order valence-electron chi connectivity index (χ4n) is 8.66. The third kappa shape index (κ3) is 7.90. The van der Waals surface area contributed by atoms with Crippen molar-refractivity contribution in [3.63, 3.8) is 0 Å². The van der Waals surface area contributed by atoms with Gasteiger partial charge in [0.05, 0.1) is 11.1 Å². The van der Waals surface area contributed by atoms with Crippen molar-refractivity contribution in [2.75, 3.05) is 24.2 Å². The zero-order valence-electron chi connectivity index (χ0n) is 30.9. The van der Waals surface area contributed by atoms with Crippen LogP contribution in [0.3, 0.4) is 0 Å². The van der Waals surface area contributed by atoms with Gasteiger partial charge in [0.15, 0.2) is 0 Å². The number of halogens is 3. The number of nitrogens with one attached hydrogen (secondary N) is 4. The number of nitrogens with zero attached hydrogens (tertiary/aromatic N) is 1. The van der Waals surface area contributed by atoms with E-state index in [1.807, 2.05) is 24.3 Å². The fraction of sp³-hybridized carbons (Fsp3) is 0.318. The van der Waals surface area contributed by atoms with Crippen molar-refractivity contribution in [1.29, 1.82) is 0 Å². The number of amides is 4. The van der Waals surface area contributed by atoms with Crippen molar-refractivity contribution in [2.45, 2.75) is 74.9 Å². The minimum atomic E-state index is -0.872. The van der Waals surface area contributed by atoms with E-state index in [1.165, 1.54) is 6.07 Å². The lowest BCUT2D eigenvalue weighted by molar-refractivity contribution is -0.118. The van der Waals surface area contributed by atoms with Crippen LogP contribution in [0.4, 0.5) is 15.8 Å². The van der Waals surface area contributed by atoms with Crippen LogP contribution in [-0.4, -0.2) is 54.2 Å². The molecule has 3 atom stereocenters. The molecule has 56 heavy (non-hydrogen) atoms. The van der Waals surface area contributed by atoms with E-state index >= 15 is 4.39 Å². The van der Waals surface area contributed by atoms with Crippen molar-refractivity contribution >= 4 is 58.7 Å². The predicted octanol–water partition coefficient (Wildman–Crippen LogP) is 8.03. The number of unbranched alkanes of at least 4 members (excludes halogenated alkanes) is 1. The first kappa shape index (κ1) is 39.0. The predicted molar refractivity (Wildman–Crippen MR) is 217 cm³/mol. The molecular formula is C44H42Cl2FN5O4. The first-order valence-corrected chi connectivity index (χ1v) is 19.6. The zero-order valence-corrected chi connectivity index (χ0v) is 32.4. The summed E-state index contributed by atoms with van der Waals surface area (Å²) in [5.41, 5.74) is 4.38. The van der Waals surface area contributed by atoms with E-state index in [1.54, 1.807) is 60.5 Å². The average molecular weight is 795 g/mol. The number of hydrogen-bond acceptors (Lipinski definition) is 5. The van der Waals surface area contributed by atoms with Crippen LogP contribution in [0.15, 0.2) is 78.9 Å². The van der Waals surface area contributed by atoms with Gasteiger partial charge in [-0.3, -0.25) is 24.5 Å². The Morgan fingerprint density at radius 2 is 1.77 bits per heavy atom. The summed E-state index contributed by atoms with van der Waals surface area (Å²) in [5.74, 6) is 4.01. The van der Waals surface area contributed by atoms with Gasteiger partial charge in [-0.25, -0.2) is 4.39 Å². The highest BCUT2D eigenvalue weighted by molar-refractivity contribution is 6.31. The van der Waals surface area contributed by atoms with Crippen molar-refractivity contribution in [1.82, 2.24) is 15.5 Å². The Morgan fingerprint density at radius 1 is 1.00 bits per heavy atom. The summed E-state index contributed by atoms with van der Waals surface area (Å²) in [7, 11) is 1.78. The van der Waals surface area contributed by atoms with E-state index in [2.05, 4.69) is 33.1 Å².